The van der Waals surface area contributed by atoms with Crippen LogP contribution in [0.5, 0.6) is 0 Å². The maximum Gasteiger partial charge on any atom is 0.244 e. The van der Waals surface area contributed by atoms with E-state index in [1.807, 2.05) is 0 Å². The molecule has 156 valence electrons. The molecule has 0 aliphatic rings. The first-order valence-corrected chi connectivity index (χ1v) is 10.7. The maximum atomic E-state index is 11.6. The Hall–Kier alpha value is -2.01. The fraction of sp³-hybridized carbons (Fsp3) is 0.478. The van der Waals surface area contributed by atoms with E-state index in [4.69, 9.17) is 0 Å². The molecule has 0 aromatic rings. The summed E-state index contributed by atoms with van der Waals surface area (Å²) in [7, 11) is 0. The van der Waals surface area contributed by atoms with Crippen LogP contribution in [-0.4, -0.2) is 34.8 Å². The smallest absolute Gasteiger partial charge is 0.244 e. The highest BCUT2D eigenvalue weighted by molar-refractivity contribution is 7.99. The Morgan fingerprint density at radius 2 is 1.68 bits per heavy atom. The number of thioether (sulfide) groups is 1. The SMILES string of the molecule is C=C(O)C(CSC/C=C(\C)CC/C=C(\C)CCC=C(C)C)NC(=O)/C=C/C=O. The predicted octanol–water partition coefficient (Wildman–Crippen LogP) is 5.45. The molecule has 5 heteroatoms. The minimum absolute atomic E-state index is 0.0882. The van der Waals surface area contributed by atoms with Crippen LogP contribution >= 0.6 is 11.8 Å². The molecule has 1 amide bonds. The van der Waals surface area contributed by atoms with E-state index in [0.29, 0.717) is 12.0 Å². The Morgan fingerprint density at radius 3 is 2.25 bits per heavy atom. The molecule has 0 aliphatic heterocycles. The van der Waals surface area contributed by atoms with Gasteiger partial charge in [0.25, 0.3) is 0 Å². The second kappa shape index (κ2) is 16.0. The summed E-state index contributed by atoms with van der Waals surface area (Å²) in [5, 5.41) is 12.2. The predicted molar refractivity (Wildman–Crippen MR) is 122 cm³/mol. The number of hydrogen-bond acceptors (Lipinski definition) is 4. The lowest BCUT2D eigenvalue weighted by molar-refractivity contribution is -0.117. The molecule has 0 aliphatic carbocycles. The summed E-state index contributed by atoms with van der Waals surface area (Å²) >= 11 is 1.61. The molecule has 0 saturated carbocycles. The molecule has 0 bridgehead atoms. The molecule has 4 nitrogen and oxygen atoms in total. The molecule has 28 heavy (non-hydrogen) atoms. The fourth-order valence-electron chi connectivity index (χ4n) is 2.29. The van der Waals surface area contributed by atoms with Gasteiger partial charge < -0.3 is 10.4 Å². The molecular formula is C23H35NO3S. The number of nitrogens with one attached hydrogen (secondary N) is 1. The van der Waals surface area contributed by atoms with Gasteiger partial charge in [0.05, 0.1) is 6.04 Å². The third-order valence-corrected chi connectivity index (χ3v) is 4.97. The second-order valence-corrected chi connectivity index (χ2v) is 8.12. The van der Waals surface area contributed by atoms with Crippen molar-refractivity contribution in [2.75, 3.05) is 11.5 Å². The first-order chi connectivity index (χ1) is 13.3. The Morgan fingerprint density at radius 1 is 1.07 bits per heavy atom. The van der Waals surface area contributed by atoms with Crippen molar-refractivity contribution in [1.82, 2.24) is 5.32 Å². The van der Waals surface area contributed by atoms with Crippen LogP contribution in [0.3, 0.4) is 0 Å². The maximum absolute atomic E-state index is 11.6. The zero-order valence-corrected chi connectivity index (χ0v) is 18.5. The molecule has 0 rings (SSSR count). The van der Waals surface area contributed by atoms with Crippen LogP contribution in [0.25, 0.3) is 0 Å². The molecule has 0 fully saturated rings. The molecule has 0 spiro atoms. The standard InChI is InChI=1S/C23H35NO3S/c1-18(2)9-6-10-19(3)11-7-12-20(4)14-16-28-17-22(21(5)26)24-23(27)13-8-15-25/h8-9,11,13-15,22,26H,5-7,10,12,16-17H2,1-4H3,(H,24,27)/b13-8+,19-11+,20-14+. The van der Waals surface area contributed by atoms with Crippen molar-refractivity contribution < 1.29 is 14.7 Å². The molecule has 1 unspecified atom stereocenters. The molecule has 0 radical (unpaired) electrons. The highest BCUT2D eigenvalue weighted by Crippen LogP contribution is 2.13. The van der Waals surface area contributed by atoms with Crippen LogP contribution in [0.2, 0.25) is 0 Å². The van der Waals surface area contributed by atoms with E-state index in [2.05, 4.69) is 57.8 Å². The Bertz CT molecular complexity index is 626. The number of aliphatic hydroxyl groups excluding tert-OH is 1. The number of carbonyl (C=O) groups excluding carboxylic acids is 2. The van der Waals surface area contributed by atoms with E-state index in [1.54, 1.807) is 11.8 Å². The van der Waals surface area contributed by atoms with Crippen LogP contribution < -0.4 is 5.32 Å². The Kier molecular flexibility index (Phi) is 14.8. The van der Waals surface area contributed by atoms with E-state index < -0.39 is 11.9 Å². The monoisotopic (exact) mass is 405 g/mol. The van der Waals surface area contributed by atoms with Crippen molar-refractivity contribution in [3.63, 3.8) is 0 Å². The Balaban J connectivity index is 4.22. The largest absolute Gasteiger partial charge is 0.511 e. The highest BCUT2D eigenvalue weighted by Gasteiger charge is 2.13. The molecule has 0 heterocycles. The topological polar surface area (TPSA) is 66.4 Å². The van der Waals surface area contributed by atoms with Crippen LogP contribution in [0.1, 0.15) is 53.4 Å². The average Bonchev–Trinajstić information content (AvgIpc) is 2.61. The summed E-state index contributed by atoms with van der Waals surface area (Å²) in [5.74, 6) is 0.809. The van der Waals surface area contributed by atoms with Gasteiger partial charge in [0.1, 0.15) is 12.0 Å². The minimum Gasteiger partial charge on any atom is -0.511 e. The van der Waals surface area contributed by atoms with Crippen molar-refractivity contribution in [3.8, 4) is 0 Å². The summed E-state index contributed by atoms with van der Waals surface area (Å²) in [6.07, 6.45) is 13.8. The van der Waals surface area contributed by atoms with Gasteiger partial charge in [-0.2, -0.15) is 11.8 Å². The third-order valence-electron chi connectivity index (χ3n) is 4.00. The highest BCUT2D eigenvalue weighted by atomic mass is 32.2. The van der Waals surface area contributed by atoms with Crippen molar-refractivity contribution >= 4 is 24.0 Å². The lowest BCUT2D eigenvalue weighted by atomic mass is 10.1. The number of aliphatic hydroxyl groups is 1. The van der Waals surface area contributed by atoms with Gasteiger partial charge in [0.2, 0.25) is 5.91 Å². The third kappa shape index (κ3) is 15.1. The van der Waals surface area contributed by atoms with E-state index in [1.165, 1.54) is 16.7 Å². The van der Waals surface area contributed by atoms with Crippen molar-refractivity contribution in [3.05, 3.63) is 59.4 Å². The zero-order chi connectivity index (χ0) is 21.4. The molecule has 1 atom stereocenters. The van der Waals surface area contributed by atoms with Gasteiger partial charge in [0, 0.05) is 17.6 Å². The molecule has 0 aromatic carbocycles. The summed E-state index contributed by atoms with van der Waals surface area (Å²) in [6.45, 7) is 12.1. The molecule has 2 N–H and O–H groups in total. The van der Waals surface area contributed by atoms with E-state index >= 15 is 0 Å². The first-order valence-electron chi connectivity index (χ1n) is 9.58. The van der Waals surface area contributed by atoms with Gasteiger partial charge in [-0.25, -0.2) is 0 Å². The van der Waals surface area contributed by atoms with Gasteiger partial charge >= 0.3 is 0 Å². The second-order valence-electron chi connectivity index (χ2n) is 7.04. The van der Waals surface area contributed by atoms with Crippen LogP contribution in [0.4, 0.5) is 0 Å². The van der Waals surface area contributed by atoms with Crippen molar-refractivity contribution in [1.29, 1.82) is 0 Å². The number of allylic oxidation sites excluding steroid dienone is 6. The van der Waals surface area contributed by atoms with Crippen LogP contribution in [0, 0.1) is 0 Å². The lowest BCUT2D eigenvalue weighted by Gasteiger charge is -2.15. The van der Waals surface area contributed by atoms with Crippen LogP contribution in [-0.2, 0) is 9.59 Å². The molecular weight excluding hydrogens is 370 g/mol. The zero-order valence-electron chi connectivity index (χ0n) is 17.7. The van der Waals surface area contributed by atoms with Gasteiger partial charge in [0.15, 0.2) is 0 Å². The van der Waals surface area contributed by atoms with E-state index in [-0.39, 0.29) is 5.76 Å². The number of hydrogen-bond donors (Lipinski definition) is 2. The van der Waals surface area contributed by atoms with E-state index in [0.717, 1.165) is 43.6 Å². The number of amides is 1. The Labute approximate surface area is 174 Å². The normalized spacial score (nSPS) is 13.3. The van der Waals surface area contributed by atoms with Gasteiger partial charge in [-0.15, -0.1) is 0 Å². The van der Waals surface area contributed by atoms with Crippen molar-refractivity contribution in [2.24, 2.45) is 0 Å². The van der Waals surface area contributed by atoms with Gasteiger partial charge in [-0.05, 0) is 59.5 Å². The number of carbonyl (C=O) groups is 2. The van der Waals surface area contributed by atoms with Gasteiger partial charge in [-0.3, -0.25) is 9.59 Å². The van der Waals surface area contributed by atoms with Crippen LogP contribution in [0.15, 0.2) is 59.4 Å². The fourth-order valence-corrected chi connectivity index (χ4v) is 3.34. The molecule has 0 aromatic heterocycles. The number of aldehydes is 1. The van der Waals surface area contributed by atoms with Crippen molar-refractivity contribution in [2.45, 2.75) is 59.4 Å². The molecule has 0 saturated heterocycles. The quantitative estimate of drug-likeness (QED) is 0.133. The lowest BCUT2D eigenvalue weighted by Crippen LogP contribution is -2.37. The number of rotatable bonds is 14. The first kappa shape index (κ1) is 26.0. The van der Waals surface area contributed by atoms with E-state index in [9.17, 15) is 14.7 Å². The average molecular weight is 406 g/mol. The minimum atomic E-state index is -0.533. The summed E-state index contributed by atoms with van der Waals surface area (Å²) in [4.78, 5) is 21.8. The van der Waals surface area contributed by atoms with Gasteiger partial charge in [-0.1, -0.05) is 41.5 Å². The summed E-state index contributed by atoms with van der Waals surface area (Å²) < 4.78 is 0. The summed E-state index contributed by atoms with van der Waals surface area (Å²) in [5.41, 5.74) is 4.13. The summed E-state index contributed by atoms with van der Waals surface area (Å²) in [6, 6.07) is -0.533.